The van der Waals surface area contributed by atoms with Gasteiger partial charge in [0.1, 0.15) is 17.5 Å². The van der Waals surface area contributed by atoms with Gasteiger partial charge in [0.15, 0.2) is 0 Å². The Kier molecular flexibility index (Phi) is 6.04. The Balaban J connectivity index is 1.19. The van der Waals surface area contributed by atoms with E-state index in [2.05, 4.69) is 15.5 Å². The van der Waals surface area contributed by atoms with Crippen molar-refractivity contribution in [1.29, 1.82) is 0 Å². The smallest absolute Gasteiger partial charge is 0.255 e. The molecular weight excluding hydrogens is 451 g/mol. The van der Waals surface area contributed by atoms with Gasteiger partial charge in [-0.25, -0.2) is 9.07 Å². The molecule has 5 rings (SSSR count). The van der Waals surface area contributed by atoms with E-state index in [-0.39, 0.29) is 23.9 Å². The van der Waals surface area contributed by atoms with Crippen LogP contribution in [0.3, 0.4) is 0 Å². The summed E-state index contributed by atoms with van der Waals surface area (Å²) in [5.74, 6) is -0.733. The lowest BCUT2D eigenvalue weighted by Gasteiger charge is -2.29. The third-order valence-corrected chi connectivity index (χ3v) is 6.81. The van der Waals surface area contributed by atoms with Gasteiger partial charge in [-0.2, -0.15) is 5.10 Å². The van der Waals surface area contributed by atoms with Gasteiger partial charge >= 0.3 is 0 Å². The molecule has 2 fully saturated rings. The van der Waals surface area contributed by atoms with Crippen LogP contribution in [0.15, 0.2) is 30.6 Å². The number of halogens is 1. The van der Waals surface area contributed by atoms with E-state index in [1.165, 1.54) is 12.1 Å². The Bertz CT molecular complexity index is 1270. The summed E-state index contributed by atoms with van der Waals surface area (Å²) in [6, 6.07) is 4.82. The molecule has 9 nitrogen and oxygen atoms in total. The Morgan fingerprint density at radius 1 is 1.11 bits per heavy atom. The summed E-state index contributed by atoms with van der Waals surface area (Å²) in [4.78, 5) is 24.8. The van der Waals surface area contributed by atoms with Crippen LogP contribution in [0.5, 0.6) is 5.88 Å². The maximum atomic E-state index is 13.5. The number of benzene rings is 1. The van der Waals surface area contributed by atoms with Crippen molar-refractivity contribution in [3.8, 4) is 11.6 Å². The van der Waals surface area contributed by atoms with Crippen LogP contribution in [0, 0.1) is 19.7 Å². The third kappa shape index (κ3) is 4.78. The van der Waals surface area contributed by atoms with Gasteiger partial charge in [0.05, 0.1) is 29.2 Å². The monoisotopic (exact) mass is 480 g/mol. The average Bonchev–Trinajstić information content (AvgIpc) is 3.47. The van der Waals surface area contributed by atoms with Gasteiger partial charge < -0.3 is 15.8 Å². The second-order valence-corrected chi connectivity index (χ2v) is 9.47. The molecule has 2 aliphatic carbocycles. The third-order valence-electron chi connectivity index (χ3n) is 6.81. The second kappa shape index (κ2) is 9.16. The van der Waals surface area contributed by atoms with E-state index < -0.39 is 5.91 Å². The SMILES string of the molecule is Cc1cc(F)ccc1-n1ncc(C(=O)NC2CCC(Oc3nn(C4CC4)cc3C(N)=O)CC2)c1C. The number of carbonyl (C=O) groups excluding carboxylic acids is 2. The van der Waals surface area contributed by atoms with Crippen LogP contribution in [0.1, 0.15) is 76.5 Å². The van der Waals surface area contributed by atoms with Gasteiger partial charge in [0, 0.05) is 12.2 Å². The van der Waals surface area contributed by atoms with Gasteiger partial charge in [0.2, 0.25) is 5.88 Å². The molecule has 10 heteroatoms. The first-order valence-corrected chi connectivity index (χ1v) is 12.0. The summed E-state index contributed by atoms with van der Waals surface area (Å²) in [5, 5.41) is 11.9. The number of ether oxygens (including phenoxy) is 1. The highest BCUT2D eigenvalue weighted by Gasteiger charge is 2.30. The molecule has 184 valence electrons. The molecule has 3 N–H and O–H groups in total. The molecule has 0 radical (unpaired) electrons. The minimum absolute atomic E-state index is 0.0114. The standard InChI is InChI=1S/C25H29FN6O3/c1-14-11-16(26)3-10-22(14)32-15(2)20(12-28-32)24(34)29-17-4-8-19(9-5-17)35-25-21(23(27)33)13-31(30-25)18-6-7-18/h3,10-13,17-19H,4-9H2,1-2H3,(H2,27,33)(H,29,34). The fourth-order valence-corrected chi connectivity index (χ4v) is 4.64. The molecule has 0 aliphatic heterocycles. The lowest BCUT2D eigenvalue weighted by Crippen LogP contribution is -2.40. The van der Waals surface area contributed by atoms with Crippen LogP contribution in [0.25, 0.3) is 5.69 Å². The van der Waals surface area contributed by atoms with Crippen molar-refractivity contribution in [2.24, 2.45) is 5.73 Å². The van der Waals surface area contributed by atoms with Crippen LogP contribution in [0.2, 0.25) is 0 Å². The zero-order valence-electron chi connectivity index (χ0n) is 19.8. The summed E-state index contributed by atoms with van der Waals surface area (Å²) in [5.41, 5.74) is 8.48. The molecule has 2 aromatic heterocycles. The zero-order valence-corrected chi connectivity index (χ0v) is 19.8. The Labute approximate surface area is 202 Å². The van der Waals surface area contributed by atoms with Crippen molar-refractivity contribution >= 4 is 11.8 Å². The molecule has 2 saturated carbocycles. The lowest BCUT2D eigenvalue weighted by molar-refractivity contribution is 0.0880. The summed E-state index contributed by atoms with van der Waals surface area (Å²) in [6.45, 7) is 3.63. The molecule has 0 atom stereocenters. The number of nitrogens with one attached hydrogen (secondary N) is 1. The van der Waals surface area contributed by atoms with Crippen LogP contribution < -0.4 is 15.8 Å². The fourth-order valence-electron chi connectivity index (χ4n) is 4.64. The number of carbonyl (C=O) groups is 2. The molecular formula is C25H29FN6O3. The molecule has 1 aromatic carbocycles. The molecule has 0 saturated heterocycles. The van der Waals surface area contributed by atoms with Gasteiger partial charge in [-0.05, 0) is 76.1 Å². The topological polar surface area (TPSA) is 117 Å². The summed E-state index contributed by atoms with van der Waals surface area (Å²) in [7, 11) is 0. The highest BCUT2D eigenvalue weighted by molar-refractivity contribution is 5.95. The minimum atomic E-state index is -0.542. The predicted molar refractivity (Wildman–Crippen MR) is 126 cm³/mol. The van der Waals surface area contributed by atoms with Crippen LogP contribution >= 0.6 is 0 Å². The first-order valence-electron chi connectivity index (χ1n) is 12.0. The quantitative estimate of drug-likeness (QED) is 0.538. The van der Waals surface area contributed by atoms with Gasteiger partial charge in [-0.1, -0.05) is 0 Å². The zero-order chi connectivity index (χ0) is 24.7. The Morgan fingerprint density at radius 2 is 1.86 bits per heavy atom. The number of aromatic nitrogens is 4. The molecule has 2 amide bonds. The van der Waals surface area contributed by atoms with E-state index in [1.54, 1.807) is 27.8 Å². The highest BCUT2D eigenvalue weighted by Crippen LogP contribution is 2.36. The van der Waals surface area contributed by atoms with Crippen LogP contribution in [-0.4, -0.2) is 43.5 Å². The fraction of sp³-hybridized carbons (Fsp3) is 0.440. The normalized spacial score (nSPS) is 20.0. The van der Waals surface area contributed by atoms with E-state index in [1.807, 2.05) is 13.8 Å². The van der Waals surface area contributed by atoms with E-state index in [9.17, 15) is 14.0 Å². The minimum Gasteiger partial charge on any atom is -0.473 e. The first kappa shape index (κ1) is 23.1. The molecule has 3 aromatic rings. The number of nitrogens with two attached hydrogens (primary N) is 1. The number of nitrogens with zero attached hydrogens (tertiary/aromatic N) is 4. The summed E-state index contributed by atoms with van der Waals surface area (Å²) < 4.78 is 23.0. The predicted octanol–water partition coefficient (Wildman–Crippen LogP) is 3.38. The first-order chi connectivity index (χ1) is 16.8. The molecule has 0 bridgehead atoms. The van der Waals surface area contributed by atoms with Crippen molar-refractivity contribution < 1.29 is 18.7 Å². The molecule has 35 heavy (non-hydrogen) atoms. The van der Waals surface area contributed by atoms with E-state index in [0.29, 0.717) is 28.7 Å². The summed E-state index contributed by atoms with van der Waals surface area (Å²) in [6.07, 6.45) is 8.18. The number of amides is 2. The summed E-state index contributed by atoms with van der Waals surface area (Å²) >= 11 is 0. The van der Waals surface area contributed by atoms with Gasteiger partial charge in [0.25, 0.3) is 11.8 Å². The van der Waals surface area contributed by atoms with Crippen molar-refractivity contribution in [1.82, 2.24) is 24.9 Å². The van der Waals surface area contributed by atoms with Crippen molar-refractivity contribution in [3.05, 3.63) is 58.8 Å². The maximum Gasteiger partial charge on any atom is 0.255 e. The molecule has 2 aliphatic rings. The number of primary amides is 1. The van der Waals surface area contributed by atoms with E-state index >= 15 is 0 Å². The number of hydrogen-bond acceptors (Lipinski definition) is 5. The van der Waals surface area contributed by atoms with E-state index in [0.717, 1.165) is 49.8 Å². The average molecular weight is 481 g/mol. The van der Waals surface area contributed by atoms with Crippen molar-refractivity contribution in [2.75, 3.05) is 0 Å². The van der Waals surface area contributed by atoms with Crippen LogP contribution in [-0.2, 0) is 0 Å². The largest absolute Gasteiger partial charge is 0.473 e. The van der Waals surface area contributed by atoms with Gasteiger partial charge in [-0.15, -0.1) is 5.10 Å². The number of hydrogen-bond donors (Lipinski definition) is 2. The van der Waals surface area contributed by atoms with Crippen molar-refractivity contribution in [3.63, 3.8) is 0 Å². The van der Waals surface area contributed by atoms with E-state index in [4.69, 9.17) is 10.5 Å². The number of rotatable bonds is 7. The highest BCUT2D eigenvalue weighted by atomic mass is 19.1. The number of aryl methyl sites for hydroxylation is 1. The molecule has 0 spiro atoms. The van der Waals surface area contributed by atoms with Crippen molar-refractivity contribution in [2.45, 2.75) is 70.6 Å². The van der Waals surface area contributed by atoms with Gasteiger partial charge in [-0.3, -0.25) is 14.3 Å². The Hall–Kier alpha value is -3.69. The van der Waals surface area contributed by atoms with Crippen LogP contribution in [0.4, 0.5) is 4.39 Å². The maximum absolute atomic E-state index is 13.5. The second-order valence-electron chi connectivity index (χ2n) is 9.47. The molecule has 0 unspecified atom stereocenters. The Morgan fingerprint density at radius 3 is 2.51 bits per heavy atom. The lowest BCUT2D eigenvalue weighted by atomic mass is 9.92. The molecule has 2 heterocycles.